The van der Waals surface area contributed by atoms with Crippen molar-refractivity contribution in [3.8, 4) is 23.0 Å². The third-order valence-electron chi connectivity index (χ3n) is 6.08. The Labute approximate surface area is 227 Å². The molecule has 4 rings (SSSR count). The molecule has 1 atom stereocenters. The van der Waals surface area contributed by atoms with E-state index in [1.54, 1.807) is 34.5 Å². The zero-order valence-electron chi connectivity index (χ0n) is 22.0. The van der Waals surface area contributed by atoms with Crippen molar-refractivity contribution in [3.63, 3.8) is 0 Å². The van der Waals surface area contributed by atoms with Crippen molar-refractivity contribution in [2.45, 2.75) is 18.7 Å². The number of hydrogen-bond donors (Lipinski definition) is 2. The van der Waals surface area contributed by atoms with Crippen LogP contribution in [0.1, 0.15) is 24.1 Å². The molecular formula is C29H31N3O5S. The summed E-state index contributed by atoms with van der Waals surface area (Å²) in [6.45, 7) is 1.88. The first-order valence-corrected chi connectivity index (χ1v) is 12.9. The van der Waals surface area contributed by atoms with Gasteiger partial charge in [-0.1, -0.05) is 30.0 Å². The van der Waals surface area contributed by atoms with E-state index in [9.17, 15) is 4.79 Å². The number of amides is 1. The van der Waals surface area contributed by atoms with Crippen molar-refractivity contribution >= 4 is 28.5 Å². The zero-order valence-corrected chi connectivity index (χ0v) is 22.8. The molecule has 8 nitrogen and oxygen atoms in total. The molecule has 1 aliphatic rings. The first-order chi connectivity index (χ1) is 18.5. The second kappa shape index (κ2) is 12.4. The maximum absolute atomic E-state index is 13.5. The number of para-hydroxylation sites is 1. The molecule has 9 heteroatoms. The fourth-order valence-corrected chi connectivity index (χ4v) is 5.07. The van der Waals surface area contributed by atoms with Gasteiger partial charge in [0, 0.05) is 34.3 Å². The summed E-state index contributed by atoms with van der Waals surface area (Å²) in [7, 11) is 6.47. The van der Waals surface area contributed by atoms with Crippen LogP contribution in [0.15, 0.2) is 83.0 Å². The van der Waals surface area contributed by atoms with Crippen LogP contribution in [0.3, 0.4) is 0 Å². The lowest BCUT2D eigenvalue weighted by Gasteiger charge is -2.27. The standard InChI is InChI=1S/C29H31N3O5S/c1-18-26(28(33)31-20-9-7-6-8-10-20)27(23-13-11-22(35-3)16-25(23)37-5)32-29(30-18)38-17-19-15-21(34-2)12-14-24(19)36-4/h6-16,27H,17H2,1-5H3,(H,30,32)(H,31,33)/t27-/m1/s1. The van der Waals surface area contributed by atoms with E-state index in [-0.39, 0.29) is 5.91 Å². The molecule has 3 aromatic rings. The first-order valence-electron chi connectivity index (χ1n) is 11.9. The maximum atomic E-state index is 13.5. The number of anilines is 1. The van der Waals surface area contributed by atoms with Crippen LogP contribution in [0.2, 0.25) is 0 Å². The number of allylic oxidation sites excluding steroid dienone is 1. The van der Waals surface area contributed by atoms with Gasteiger partial charge in [0.15, 0.2) is 5.17 Å². The lowest BCUT2D eigenvalue weighted by molar-refractivity contribution is -0.113. The summed E-state index contributed by atoms with van der Waals surface area (Å²) in [6, 6.07) is 19.9. The quantitative estimate of drug-likeness (QED) is 0.372. The third-order valence-corrected chi connectivity index (χ3v) is 7.02. The third kappa shape index (κ3) is 6.06. The topological polar surface area (TPSA) is 90.4 Å². The number of benzene rings is 3. The Morgan fingerprint density at radius 1 is 0.895 bits per heavy atom. The lowest BCUT2D eigenvalue weighted by atomic mass is 9.95. The van der Waals surface area contributed by atoms with Gasteiger partial charge in [0.2, 0.25) is 0 Å². The summed E-state index contributed by atoms with van der Waals surface area (Å²) in [5.74, 6) is 3.08. The Hall–Kier alpha value is -4.11. The summed E-state index contributed by atoms with van der Waals surface area (Å²) in [5, 5.41) is 6.99. The Balaban J connectivity index is 1.69. The zero-order chi connectivity index (χ0) is 27.1. The Morgan fingerprint density at radius 2 is 1.58 bits per heavy atom. The van der Waals surface area contributed by atoms with Gasteiger partial charge in [-0.25, -0.2) is 4.99 Å². The van der Waals surface area contributed by atoms with E-state index in [0.29, 0.717) is 39.4 Å². The van der Waals surface area contributed by atoms with E-state index in [1.807, 2.05) is 67.6 Å². The molecule has 0 saturated carbocycles. The number of ether oxygens (including phenoxy) is 4. The van der Waals surface area contributed by atoms with Gasteiger partial charge < -0.3 is 29.6 Å². The molecule has 1 amide bonds. The van der Waals surface area contributed by atoms with E-state index in [1.165, 1.54) is 11.8 Å². The Kier molecular flexibility index (Phi) is 8.81. The van der Waals surface area contributed by atoms with Crippen LogP contribution in [0.5, 0.6) is 23.0 Å². The summed E-state index contributed by atoms with van der Waals surface area (Å²) >= 11 is 1.51. The average Bonchev–Trinajstić information content (AvgIpc) is 2.95. The van der Waals surface area contributed by atoms with Crippen molar-refractivity contribution < 1.29 is 23.7 Å². The molecule has 0 bridgehead atoms. The van der Waals surface area contributed by atoms with Gasteiger partial charge in [0.25, 0.3) is 5.91 Å². The molecular weight excluding hydrogens is 502 g/mol. The van der Waals surface area contributed by atoms with Crippen LogP contribution >= 0.6 is 11.8 Å². The SMILES string of the molecule is COc1ccc(OC)c(CSC2=N[C@H](c3ccc(OC)cc3OC)C(C(=O)Nc3ccccc3)=C(C)N2)c1. The normalized spacial score (nSPS) is 14.8. The molecule has 1 aliphatic heterocycles. The minimum absolute atomic E-state index is 0.244. The molecule has 198 valence electrons. The number of nitrogens with one attached hydrogen (secondary N) is 2. The predicted octanol–water partition coefficient (Wildman–Crippen LogP) is 5.57. The van der Waals surface area contributed by atoms with Crippen LogP contribution in [-0.4, -0.2) is 39.5 Å². The summed E-state index contributed by atoms with van der Waals surface area (Å²) in [4.78, 5) is 18.5. The van der Waals surface area contributed by atoms with Gasteiger partial charge in [-0.2, -0.15) is 0 Å². The Morgan fingerprint density at radius 3 is 2.26 bits per heavy atom. The van der Waals surface area contributed by atoms with E-state index in [2.05, 4.69) is 10.6 Å². The number of amidine groups is 1. The number of hydrogen-bond acceptors (Lipinski definition) is 8. The van der Waals surface area contributed by atoms with Crippen LogP contribution in [0.4, 0.5) is 5.69 Å². The minimum Gasteiger partial charge on any atom is -0.497 e. The molecule has 0 aromatic heterocycles. The van der Waals surface area contributed by atoms with Gasteiger partial charge in [-0.3, -0.25) is 4.79 Å². The van der Waals surface area contributed by atoms with Crippen LogP contribution < -0.4 is 29.6 Å². The molecule has 0 aliphatic carbocycles. The summed E-state index contributed by atoms with van der Waals surface area (Å²) < 4.78 is 22.0. The first kappa shape index (κ1) is 26.9. The van der Waals surface area contributed by atoms with E-state index in [4.69, 9.17) is 23.9 Å². The molecule has 0 spiro atoms. The van der Waals surface area contributed by atoms with E-state index >= 15 is 0 Å². The highest BCUT2D eigenvalue weighted by atomic mass is 32.2. The molecule has 0 fully saturated rings. The van der Waals surface area contributed by atoms with Gasteiger partial charge in [-0.15, -0.1) is 0 Å². The highest BCUT2D eigenvalue weighted by Crippen LogP contribution is 2.39. The molecule has 0 radical (unpaired) electrons. The van der Waals surface area contributed by atoms with Crippen molar-refractivity contribution in [2.75, 3.05) is 33.8 Å². The van der Waals surface area contributed by atoms with Crippen molar-refractivity contribution in [2.24, 2.45) is 4.99 Å². The number of rotatable bonds is 9. The van der Waals surface area contributed by atoms with Crippen molar-refractivity contribution in [3.05, 3.63) is 89.1 Å². The second-order valence-corrected chi connectivity index (χ2v) is 9.36. The number of aliphatic imine (C=N–C) groups is 1. The lowest BCUT2D eigenvalue weighted by Crippen LogP contribution is -2.32. The molecule has 1 heterocycles. The van der Waals surface area contributed by atoms with Crippen LogP contribution in [-0.2, 0) is 10.5 Å². The smallest absolute Gasteiger partial charge is 0.255 e. The Bertz CT molecular complexity index is 1360. The highest BCUT2D eigenvalue weighted by Gasteiger charge is 2.31. The molecule has 0 unspecified atom stereocenters. The number of methoxy groups -OCH3 is 4. The van der Waals surface area contributed by atoms with Gasteiger partial charge in [0.1, 0.15) is 29.0 Å². The molecule has 0 saturated heterocycles. The average molecular weight is 534 g/mol. The van der Waals surface area contributed by atoms with Crippen LogP contribution in [0, 0.1) is 0 Å². The number of carbonyl (C=O) groups is 1. The predicted molar refractivity (Wildman–Crippen MR) is 151 cm³/mol. The fraction of sp³-hybridized carbons (Fsp3) is 0.241. The van der Waals surface area contributed by atoms with Crippen molar-refractivity contribution in [1.29, 1.82) is 0 Å². The summed E-state index contributed by atoms with van der Waals surface area (Å²) in [6.07, 6.45) is 0. The van der Waals surface area contributed by atoms with Gasteiger partial charge >= 0.3 is 0 Å². The second-order valence-electron chi connectivity index (χ2n) is 8.39. The van der Waals surface area contributed by atoms with E-state index < -0.39 is 6.04 Å². The van der Waals surface area contributed by atoms with E-state index in [0.717, 1.165) is 22.6 Å². The largest absolute Gasteiger partial charge is 0.497 e. The minimum atomic E-state index is -0.601. The monoisotopic (exact) mass is 533 g/mol. The fourth-order valence-electron chi connectivity index (χ4n) is 4.14. The number of nitrogens with zero attached hydrogens (tertiary/aromatic N) is 1. The molecule has 3 aromatic carbocycles. The van der Waals surface area contributed by atoms with Gasteiger partial charge in [-0.05, 0) is 49.4 Å². The molecule has 2 N–H and O–H groups in total. The molecule has 38 heavy (non-hydrogen) atoms. The van der Waals surface area contributed by atoms with Gasteiger partial charge in [0.05, 0.1) is 34.0 Å². The summed E-state index contributed by atoms with van der Waals surface area (Å²) in [5.41, 5.74) is 3.63. The number of thioether (sulfide) groups is 1. The maximum Gasteiger partial charge on any atom is 0.255 e. The number of carbonyl (C=O) groups excluding carboxylic acids is 1. The highest BCUT2D eigenvalue weighted by molar-refractivity contribution is 8.13. The van der Waals surface area contributed by atoms with Crippen LogP contribution in [0.25, 0.3) is 0 Å². The van der Waals surface area contributed by atoms with Crippen molar-refractivity contribution in [1.82, 2.24) is 5.32 Å².